The fourth-order valence-electron chi connectivity index (χ4n) is 3.76. The number of aromatic nitrogens is 3. The Hall–Kier alpha value is -2.45. The second-order valence-corrected chi connectivity index (χ2v) is 8.83. The lowest BCUT2D eigenvalue weighted by molar-refractivity contribution is 0.0699. The highest BCUT2D eigenvalue weighted by atomic mass is 79.9. The molecule has 30 heavy (non-hydrogen) atoms. The first-order valence-corrected chi connectivity index (χ1v) is 11.2. The Kier molecular flexibility index (Phi) is 5.43. The zero-order chi connectivity index (χ0) is 20.5. The molecule has 8 heteroatoms. The molecule has 2 fully saturated rings. The standard InChI is InChI=1S/C22H24BrN5O2/c23-20-11-18(24-12-14-7-9-30-10-8-14)21-25-13-19(28(21)27-20)15-1-3-16(4-2-15)22(29)26-17-5-6-17/h1-4,11,13-14,17,24H,5-10,12H2,(H,26,29). The molecule has 1 saturated heterocycles. The lowest BCUT2D eigenvalue weighted by Gasteiger charge is -2.22. The molecule has 0 atom stereocenters. The van der Waals surface area contributed by atoms with E-state index in [0.717, 1.165) is 72.6 Å². The molecular formula is C22H24BrN5O2. The normalized spacial score (nSPS) is 17.2. The van der Waals surface area contributed by atoms with Gasteiger partial charge < -0.3 is 15.4 Å². The van der Waals surface area contributed by atoms with Crippen LogP contribution in [0.1, 0.15) is 36.0 Å². The van der Waals surface area contributed by atoms with Crippen LogP contribution in [0, 0.1) is 5.92 Å². The third kappa shape index (κ3) is 4.20. The number of fused-ring (bicyclic) bond motifs is 1. The summed E-state index contributed by atoms with van der Waals surface area (Å²) in [4.78, 5) is 16.9. The van der Waals surface area contributed by atoms with Crippen molar-refractivity contribution in [1.29, 1.82) is 0 Å². The van der Waals surface area contributed by atoms with Crippen molar-refractivity contribution in [3.63, 3.8) is 0 Å². The Bertz CT molecular complexity index is 1060. The van der Waals surface area contributed by atoms with Gasteiger partial charge in [-0.15, -0.1) is 0 Å². The number of carbonyl (C=O) groups is 1. The summed E-state index contributed by atoms with van der Waals surface area (Å²) in [5.41, 5.74) is 4.26. The van der Waals surface area contributed by atoms with Crippen LogP contribution < -0.4 is 10.6 Å². The number of imidazole rings is 1. The zero-order valence-electron chi connectivity index (χ0n) is 16.6. The summed E-state index contributed by atoms with van der Waals surface area (Å²) in [6.45, 7) is 2.57. The number of halogens is 1. The number of carbonyl (C=O) groups excluding carboxylic acids is 1. The minimum Gasteiger partial charge on any atom is -0.382 e. The first-order valence-electron chi connectivity index (χ1n) is 10.4. The predicted molar refractivity (Wildman–Crippen MR) is 119 cm³/mol. The van der Waals surface area contributed by atoms with Gasteiger partial charge in [-0.25, -0.2) is 9.50 Å². The van der Waals surface area contributed by atoms with Crippen LogP contribution in [0.2, 0.25) is 0 Å². The number of hydrogen-bond donors (Lipinski definition) is 2. The van der Waals surface area contributed by atoms with Crippen molar-refractivity contribution in [2.24, 2.45) is 5.92 Å². The Morgan fingerprint density at radius 1 is 1.17 bits per heavy atom. The van der Waals surface area contributed by atoms with Crippen LogP contribution in [-0.2, 0) is 4.74 Å². The Labute approximate surface area is 183 Å². The average molecular weight is 470 g/mol. The van der Waals surface area contributed by atoms with Crippen molar-refractivity contribution in [1.82, 2.24) is 19.9 Å². The summed E-state index contributed by atoms with van der Waals surface area (Å²) in [5.74, 6) is 0.595. The van der Waals surface area contributed by atoms with Gasteiger partial charge in [0.05, 0.1) is 17.6 Å². The predicted octanol–water partition coefficient (Wildman–Crippen LogP) is 3.89. The molecule has 0 unspecified atom stereocenters. The molecule has 1 aromatic carbocycles. The molecule has 0 radical (unpaired) electrons. The van der Waals surface area contributed by atoms with Crippen LogP contribution in [0.4, 0.5) is 5.69 Å². The molecule has 5 rings (SSSR count). The lowest BCUT2D eigenvalue weighted by Crippen LogP contribution is -2.25. The fourth-order valence-corrected chi connectivity index (χ4v) is 4.15. The van der Waals surface area contributed by atoms with Gasteiger partial charge in [0.15, 0.2) is 5.65 Å². The number of ether oxygens (including phenoxy) is 1. The van der Waals surface area contributed by atoms with E-state index < -0.39 is 0 Å². The highest BCUT2D eigenvalue weighted by molar-refractivity contribution is 9.10. The van der Waals surface area contributed by atoms with Gasteiger partial charge in [0.25, 0.3) is 5.91 Å². The molecule has 3 heterocycles. The van der Waals surface area contributed by atoms with Crippen molar-refractivity contribution < 1.29 is 9.53 Å². The largest absolute Gasteiger partial charge is 0.382 e. The molecule has 2 aliphatic rings. The van der Waals surface area contributed by atoms with Crippen molar-refractivity contribution in [2.45, 2.75) is 31.7 Å². The van der Waals surface area contributed by atoms with Gasteiger partial charge in [0, 0.05) is 36.9 Å². The molecule has 156 valence electrons. The highest BCUT2D eigenvalue weighted by Crippen LogP contribution is 2.27. The maximum Gasteiger partial charge on any atom is 0.251 e. The van der Waals surface area contributed by atoms with E-state index in [2.05, 4.69) is 36.6 Å². The first kappa shape index (κ1) is 19.5. The molecule has 1 aliphatic heterocycles. The number of hydrogen-bond acceptors (Lipinski definition) is 5. The van der Waals surface area contributed by atoms with Crippen molar-refractivity contribution in [3.8, 4) is 11.3 Å². The third-order valence-corrected chi connectivity index (χ3v) is 6.10. The molecule has 3 aromatic rings. The summed E-state index contributed by atoms with van der Waals surface area (Å²) >= 11 is 3.53. The van der Waals surface area contributed by atoms with E-state index >= 15 is 0 Å². The molecule has 0 bridgehead atoms. The molecular weight excluding hydrogens is 446 g/mol. The second kappa shape index (κ2) is 8.35. The summed E-state index contributed by atoms with van der Waals surface area (Å²) in [7, 11) is 0. The van der Waals surface area contributed by atoms with E-state index in [1.807, 2.05) is 41.0 Å². The molecule has 2 aromatic heterocycles. The van der Waals surface area contributed by atoms with Crippen LogP contribution >= 0.6 is 15.9 Å². The minimum absolute atomic E-state index is 0.0114. The number of nitrogens with zero attached hydrogens (tertiary/aromatic N) is 3. The third-order valence-electron chi connectivity index (χ3n) is 5.72. The number of rotatable bonds is 6. The Balaban J connectivity index is 1.38. The van der Waals surface area contributed by atoms with E-state index in [1.54, 1.807) is 0 Å². The summed E-state index contributed by atoms with van der Waals surface area (Å²) < 4.78 is 8.03. The molecule has 7 nitrogen and oxygen atoms in total. The van der Waals surface area contributed by atoms with Crippen LogP contribution in [0.3, 0.4) is 0 Å². The summed E-state index contributed by atoms with van der Waals surface area (Å²) in [6.07, 6.45) is 6.15. The van der Waals surface area contributed by atoms with Gasteiger partial charge in [0.1, 0.15) is 4.60 Å². The van der Waals surface area contributed by atoms with E-state index in [4.69, 9.17) is 4.74 Å². The lowest BCUT2D eigenvalue weighted by atomic mass is 10.0. The number of anilines is 1. The van der Waals surface area contributed by atoms with Crippen LogP contribution in [0.25, 0.3) is 16.9 Å². The van der Waals surface area contributed by atoms with E-state index in [9.17, 15) is 4.79 Å². The van der Waals surface area contributed by atoms with Gasteiger partial charge in [-0.3, -0.25) is 4.79 Å². The topological polar surface area (TPSA) is 80.5 Å². The Morgan fingerprint density at radius 2 is 1.93 bits per heavy atom. The quantitative estimate of drug-likeness (QED) is 0.572. The molecule has 1 aliphatic carbocycles. The smallest absolute Gasteiger partial charge is 0.251 e. The molecule has 1 saturated carbocycles. The Morgan fingerprint density at radius 3 is 2.67 bits per heavy atom. The van der Waals surface area contributed by atoms with Crippen LogP contribution in [0.5, 0.6) is 0 Å². The van der Waals surface area contributed by atoms with E-state index in [-0.39, 0.29) is 5.91 Å². The zero-order valence-corrected chi connectivity index (χ0v) is 18.2. The van der Waals surface area contributed by atoms with Crippen LogP contribution in [0.15, 0.2) is 41.1 Å². The van der Waals surface area contributed by atoms with Gasteiger partial charge in [-0.1, -0.05) is 12.1 Å². The van der Waals surface area contributed by atoms with Gasteiger partial charge >= 0.3 is 0 Å². The highest BCUT2D eigenvalue weighted by Gasteiger charge is 2.24. The van der Waals surface area contributed by atoms with E-state index in [0.29, 0.717) is 17.5 Å². The second-order valence-electron chi connectivity index (χ2n) is 8.02. The first-order chi connectivity index (χ1) is 14.7. The number of amides is 1. The molecule has 2 N–H and O–H groups in total. The van der Waals surface area contributed by atoms with Gasteiger partial charge in [-0.2, -0.15) is 5.10 Å². The van der Waals surface area contributed by atoms with Crippen molar-refractivity contribution in [3.05, 3.63) is 46.7 Å². The summed E-state index contributed by atoms with van der Waals surface area (Å²) in [6, 6.07) is 9.93. The maximum atomic E-state index is 12.2. The molecule has 0 spiro atoms. The summed E-state index contributed by atoms with van der Waals surface area (Å²) in [5, 5.41) is 11.2. The van der Waals surface area contributed by atoms with Gasteiger partial charge in [-0.05, 0) is 65.7 Å². The monoisotopic (exact) mass is 469 g/mol. The minimum atomic E-state index is -0.0114. The van der Waals surface area contributed by atoms with Crippen LogP contribution in [-0.4, -0.2) is 46.3 Å². The fraction of sp³-hybridized carbons (Fsp3) is 0.409. The maximum absolute atomic E-state index is 12.2. The number of benzene rings is 1. The molecule has 1 amide bonds. The average Bonchev–Trinajstić information content (AvgIpc) is 3.48. The van der Waals surface area contributed by atoms with Crippen molar-refractivity contribution >= 4 is 33.2 Å². The number of nitrogens with one attached hydrogen (secondary N) is 2. The van der Waals surface area contributed by atoms with Gasteiger partial charge in [0.2, 0.25) is 0 Å². The SMILES string of the molecule is O=C(NC1CC1)c1ccc(-c2cnc3c(NCC4CCOCC4)cc(Br)nn23)cc1. The van der Waals surface area contributed by atoms with Crippen molar-refractivity contribution in [2.75, 3.05) is 25.1 Å². The van der Waals surface area contributed by atoms with E-state index in [1.165, 1.54) is 0 Å².